The van der Waals surface area contributed by atoms with Gasteiger partial charge in [0.05, 0.1) is 4.47 Å². The lowest BCUT2D eigenvalue weighted by Crippen LogP contribution is -2.50. The van der Waals surface area contributed by atoms with Crippen molar-refractivity contribution in [1.82, 2.24) is 10.3 Å². The topological polar surface area (TPSA) is 45.2 Å². The lowest BCUT2D eigenvalue weighted by Gasteiger charge is -2.35. The summed E-state index contributed by atoms with van der Waals surface area (Å²) in [6, 6.07) is 4.11. The molecular weight excluding hydrogens is 318 g/mol. The van der Waals surface area contributed by atoms with Gasteiger partial charge in [-0.1, -0.05) is 20.8 Å². The highest BCUT2D eigenvalue weighted by molar-refractivity contribution is 9.10. The van der Waals surface area contributed by atoms with Crippen molar-refractivity contribution in [3.63, 3.8) is 0 Å². The van der Waals surface area contributed by atoms with Crippen molar-refractivity contribution in [2.75, 3.05) is 18.0 Å². The zero-order chi connectivity index (χ0) is 14.8. The molecule has 1 atom stereocenters. The van der Waals surface area contributed by atoms with Crippen LogP contribution in [0.25, 0.3) is 0 Å². The molecule has 0 saturated carbocycles. The van der Waals surface area contributed by atoms with Crippen molar-refractivity contribution >= 4 is 27.7 Å². The second kappa shape index (κ2) is 6.12. The third kappa shape index (κ3) is 3.72. The van der Waals surface area contributed by atoms with E-state index in [1.165, 1.54) is 0 Å². The molecule has 110 valence electrons. The van der Waals surface area contributed by atoms with Crippen LogP contribution in [-0.2, 0) is 4.79 Å². The largest absolute Gasteiger partial charge is 0.354 e. The van der Waals surface area contributed by atoms with Crippen molar-refractivity contribution in [3.05, 3.63) is 22.8 Å². The molecular formula is C15H22BrN3O. The van der Waals surface area contributed by atoms with Gasteiger partial charge in [0.25, 0.3) is 0 Å². The number of carbonyl (C=O) groups excluding carboxylic acids is 1. The fourth-order valence-corrected chi connectivity index (χ4v) is 2.81. The maximum Gasteiger partial charge on any atom is 0.225 e. The normalized spacial score (nSPS) is 19.8. The van der Waals surface area contributed by atoms with Crippen LogP contribution in [0.5, 0.6) is 0 Å². The molecule has 0 spiro atoms. The Labute approximate surface area is 129 Å². The van der Waals surface area contributed by atoms with Crippen molar-refractivity contribution < 1.29 is 4.79 Å². The fourth-order valence-electron chi connectivity index (χ4n) is 2.30. The lowest BCUT2D eigenvalue weighted by molar-refractivity contribution is -0.129. The van der Waals surface area contributed by atoms with Crippen LogP contribution in [0.15, 0.2) is 22.8 Å². The summed E-state index contributed by atoms with van der Waals surface area (Å²) in [5.41, 5.74) is -0.339. The summed E-state index contributed by atoms with van der Waals surface area (Å²) in [5, 5.41) is 3.15. The van der Waals surface area contributed by atoms with E-state index in [9.17, 15) is 4.79 Å². The minimum absolute atomic E-state index is 0.115. The zero-order valence-corrected chi connectivity index (χ0v) is 13.9. The molecule has 1 aromatic heterocycles. The molecule has 0 aliphatic carbocycles. The van der Waals surface area contributed by atoms with E-state index in [1.54, 1.807) is 6.20 Å². The van der Waals surface area contributed by atoms with Gasteiger partial charge in [-0.3, -0.25) is 4.79 Å². The number of amides is 1. The molecule has 1 aromatic rings. The SMILES string of the molecule is CC(C)(C)C(=O)NC1CCCN(c2ncccc2Br)C1. The van der Waals surface area contributed by atoms with E-state index < -0.39 is 0 Å². The first kappa shape index (κ1) is 15.3. The van der Waals surface area contributed by atoms with Crippen LogP contribution in [-0.4, -0.2) is 30.0 Å². The predicted octanol–water partition coefficient (Wildman–Crippen LogP) is 2.98. The highest BCUT2D eigenvalue weighted by Gasteiger charge is 2.27. The molecule has 0 radical (unpaired) electrons. The van der Waals surface area contributed by atoms with Gasteiger partial charge >= 0.3 is 0 Å². The quantitative estimate of drug-likeness (QED) is 0.900. The molecule has 1 saturated heterocycles. The van der Waals surface area contributed by atoms with Crippen LogP contribution < -0.4 is 10.2 Å². The maximum atomic E-state index is 12.1. The number of piperidine rings is 1. The summed E-state index contributed by atoms with van der Waals surface area (Å²) >= 11 is 3.54. The Morgan fingerprint density at radius 2 is 2.25 bits per heavy atom. The number of halogens is 1. The molecule has 1 aliphatic rings. The predicted molar refractivity (Wildman–Crippen MR) is 84.8 cm³/mol. The fraction of sp³-hybridized carbons (Fsp3) is 0.600. The Morgan fingerprint density at radius 3 is 2.90 bits per heavy atom. The number of pyridine rings is 1. The van der Waals surface area contributed by atoms with E-state index in [1.807, 2.05) is 32.9 Å². The van der Waals surface area contributed by atoms with E-state index in [0.29, 0.717) is 0 Å². The molecule has 5 heteroatoms. The minimum Gasteiger partial charge on any atom is -0.354 e. The smallest absolute Gasteiger partial charge is 0.225 e. The first-order valence-electron chi connectivity index (χ1n) is 7.04. The van der Waals surface area contributed by atoms with E-state index in [-0.39, 0.29) is 17.4 Å². The van der Waals surface area contributed by atoms with Gasteiger partial charge in [-0.15, -0.1) is 0 Å². The van der Waals surface area contributed by atoms with Gasteiger partial charge in [-0.25, -0.2) is 4.98 Å². The van der Waals surface area contributed by atoms with Gasteiger partial charge < -0.3 is 10.2 Å². The molecule has 0 bridgehead atoms. The van der Waals surface area contributed by atoms with Gasteiger partial charge in [-0.2, -0.15) is 0 Å². The van der Waals surface area contributed by atoms with Gasteiger partial charge in [0.1, 0.15) is 5.82 Å². The van der Waals surface area contributed by atoms with Crippen LogP contribution >= 0.6 is 15.9 Å². The first-order valence-corrected chi connectivity index (χ1v) is 7.83. The molecule has 1 N–H and O–H groups in total. The number of nitrogens with zero attached hydrogens (tertiary/aromatic N) is 2. The van der Waals surface area contributed by atoms with E-state index in [0.717, 1.165) is 36.2 Å². The number of hydrogen-bond donors (Lipinski definition) is 1. The second-order valence-corrected chi connectivity index (χ2v) is 7.17. The van der Waals surface area contributed by atoms with Crippen molar-refractivity contribution in [3.8, 4) is 0 Å². The minimum atomic E-state index is -0.339. The monoisotopic (exact) mass is 339 g/mol. The average Bonchev–Trinajstić information content (AvgIpc) is 2.38. The summed E-state index contributed by atoms with van der Waals surface area (Å²) in [6.07, 6.45) is 3.90. The molecule has 20 heavy (non-hydrogen) atoms. The molecule has 1 amide bonds. The summed E-state index contributed by atoms with van der Waals surface area (Å²) in [4.78, 5) is 18.8. The molecule has 0 aromatic carbocycles. The summed E-state index contributed by atoms with van der Waals surface area (Å²) in [6.45, 7) is 7.63. The van der Waals surface area contributed by atoms with Crippen molar-refractivity contribution in [2.45, 2.75) is 39.7 Å². The lowest BCUT2D eigenvalue weighted by atomic mass is 9.94. The summed E-state index contributed by atoms with van der Waals surface area (Å²) in [7, 11) is 0. The highest BCUT2D eigenvalue weighted by Crippen LogP contribution is 2.26. The molecule has 2 rings (SSSR count). The van der Waals surface area contributed by atoms with Crippen molar-refractivity contribution in [1.29, 1.82) is 0 Å². The number of anilines is 1. The Balaban J connectivity index is 2.03. The summed E-state index contributed by atoms with van der Waals surface area (Å²) < 4.78 is 1.00. The average molecular weight is 340 g/mol. The van der Waals surface area contributed by atoms with Crippen molar-refractivity contribution in [2.24, 2.45) is 5.41 Å². The first-order chi connectivity index (χ1) is 9.38. The molecule has 4 nitrogen and oxygen atoms in total. The number of carbonyl (C=O) groups is 1. The van der Waals surface area contributed by atoms with E-state index >= 15 is 0 Å². The third-order valence-electron chi connectivity index (χ3n) is 3.48. The third-order valence-corrected chi connectivity index (χ3v) is 4.10. The zero-order valence-electron chi connectivity index (χ0n) is 12.3. The molecule has 2 heterocycles. The van der Waals surface area contributed by atoms with Gasteiger partial charge in [0, 0.05) is 30.7 Å². The highest BCUT2D eigenvalue weighted by atomic mass is 79.9. The van der Waals surface area contributed by atoms with E-state index in [2.05, 4.69) is 31.1 Å². The molecule has 1 aliphatic heterocycles. The Kier molecular flexibility index (Phi) is 4.68. The van der Waals surface area contributed by atoms with Crippen LogP contribution in [0.4, 0.5) is 5.82 Å². The number of rotatable bonds is 2. The number of nitrogens with one attached hydrogen (secondary N) is 1. The van der Waals surface area contributed by atoms with E-state index in [4.69, 9.17) is 0 Å². The Morgan fingerprint density at radius 1 is 1.50 bits per heavy atom. The Bertz CT molecular complexity index is 484. The van der Waals surface area contributed by atoms with Gasteiger partial charge in [0.15, 0.2) is 0 Å². The van der Waals surface area contributed by atoms with Crippen LogP contribution in [0.1, 0.15) is 33.6 Å². The van der Waals surface area contributed by atoms with Crippen LogP contribution in [0.3, 0.4) is 0 Å². The van der Waals surface area contributed by atoms with Gasteiger partial charge in [-0.05, 0) is 40.9 Å². The standard InChI is InChI=1S/C15H22BrN3O/c1-15(2,3)14(20)18-11-6-5-9-19(10-11)13-12(16)7-4-8-17-13/h4,7-8,11H,5-6,9-10H2,1-3H3,(H,18,20). The second-order valence-electron chi connectivity index (χ2n) is 6.32. The Hall–Kier alpha value is -1.10. The molecule has 1 unspecified atom stereocenters. The van der Waals surface area contributed by atoms with Crippen LogP contribution in [0, 0.1) is 5.41 Å². The van der Waals surface area contributed by atoms with Gasteiger partial charge in [0.2, 0.25) is 5.91 Å². The summed E-state index contributed by atoms with van der Waals surface area (Å²) in [5.74, 6) is 1.08. The maximum absolute atomic E-state index is 12.1. The number of aromatic nitrogens is 1. The molecule has 1 fully saturated rings. The van der Waals surface area contributed by atoms with Crippen LogP contribution in [0.2, 0.25) is 0 Å². The number of hydrogen-bond acceptors (Lipinski definition) is 3.